The molecule has 0 bridgehead atoms. The predicted molar refractivity (Wildman–Crippen MR) is 75.4 cm³/mol. The van der Waals surface area contributed by atoms with Gasteiger partial charge < -0.3 is 5.73 Å². The smallest absolute Gasteiger partial charge is 0.0283 e. The molecule has 0 radical (unpaired) electrons. The molecule has 0 atom stereocenters. The zero-order valence-electron chi connectivity index (χ0n) is 11.2. The number of nitrogens with two attached hydrogens (primary N) is 1. The molecule has 2 aliphatic rings. The van der Waals surface area contributed by atoms with Gasteiger partial charge in [-0.1, -0.05) is 37.1 Å². The first-order valence-corrected chi connectivity index (χ1v) is 7.33. The Kier molecular flexibility index (Phi) is 3.40. The zero-order valence-corrected chi connectivity index (χ0v) is 11.2. The summed E-state index contributed by atoms with van der Waals surface area (Å²) in [6.45, 7) is 3.38. The maximum Gasteiger partial charge on any atom is 0.0283 e. The Labute approximate surface area is 110 Å². The summed E-state index contributed by atoms with van der Waals surface area (Å²) < 4.78 is 0. The van der Waals surface area contributed by atoms with Crippen LogP contribution in [0, 0.1) is 0 Å². The van der Waals surface area contributed by atoms with Crippen molar-refractivity contribution in [3.8, 4) is 0 Å². The van der Waals surface area contributed by atoms with Crippen LogP contribution in [-0.2, 0) is 13.0 Å². The molecule has 1 fully saturated rings. The lowest BCUT2D eigenvalue weighted by Crippen LogP contribution is -2.47. The van der Waals surface area contributed by atoms with Gasteiger partial charge in [0.15, 0.2) is 0 Å². The first kappa shape index (κ1) is 12.2. The molecule has 1 aliphatic heterocycles. The van der Waals surface area contributed by atoms with E-state index in [2.05, 4.69) is 29.2 Å². The van der Waals surface area contributed by atoms with E-state index in [0.29, 0.717) is 0 Å². The van der Waals surface area contributed by atoms with Crippen molar-refractivity contribution >= 4 is 0 Å². The first-order valence-electron chi connectivity index (χ1n) is 7.33. The van der Waals surface area contributed by atoms with Gasteiger partial charge in [-0.2, -0.15) is 0 Å². The van der Waals surface area contributed by atoms with Gasteiger partial charge in [-0.3, -0.25) is 4.90 Å². The highest BCUT2D eigenvalue weighted by molar-refractivity contribution is 5.28. The van der Waals surface area contributed by atoms with Gasteiger partial charge in [0.1, 0.15) is 0 Å². The van der Waals surface area contributed by atoms with Crippen molar-refractivity contribution in [3.05, 3.63) is 35.4 Å². The molecule has 0 amide bonds. The van der Waals surface area contributed by atoms with E-state index in [1.54, 1.807) is 0 Å². The van der Waals surface area contributed by atoms with E-state index in [4.69, 9.17) is 5.73 Å². The molecular weight excluding hydrogens is 220 g/mol. The first-order chi connectivity index (χ1) is 8.75. The monoisotopic (exact) mass is 244 g/mol. The van der Waals surface area contributed by atoms with Gasteiger partial charge in [0.05, 0.1) is 0 Å². The summed E-state index contributed by atoms with van der Waals surface area (Å²) in [5.41, 5.74) is 9.67. The third-order valence-electron chi connectivity index (χ3n) is 4.57. The van der Waals surface area contributed by atoms with E-state index < -0.39 is 0 Å². The number of nitrogens with zero attached hydrogens (tertiary/aromatic N) is 1. The molecule has 0 unspecified atom stereocenters. The summed E-state index contributed by atoms with van der Waals surface area (Å²) in [6, 6.07) is 8.89. The van der Waals surface area contributed by atoms with Gasteiger partial charge >= 0.3 is 0 Å². The third kappa shape index (κ3) is 2.60. The van der Waals surface area contributed by atoms with Gasteiger partial charge in [-0.05, 0) is 43.4 Å². The predicted octanol–water partition coefficient (Wildman–Crippen LogP) is 2.71. The van der Waals surface area contributed by atoms with Gasteiger partial charge in [-0.25, -0.2) is 0 Å². The fourth-order valence-electron chi connectivity index (χ4n) is 3.59. The molecule has 3 rings (SSSR count). The van der Waals surface area contributed by atoms with Crippen molar-refractivity contribution in [1.29, 1.82) is 0 Å². The van der Waals surface area contributed by atoms with Crippen molar-refractivity contribution < 1.29 is 0 Å². The number of benzene rings is 1. The fourth-order valence-corrected chi connectivity index (χ4v) is 3.59. The van der Waals surface area contributed by atoms with E-state index >= 15 is 0 Å². The Morgan fingerprint density at radius 2 is 1.78 bits per heavy atom. The Balaban J connectivity index is 1.71. The second-order valence-electron chi connectivity index (χ2n) is 6.15. The molecule has 0 saturated heterocycles. The van der Waals surface area contributed by atoms with Crippen LogP contribution in [0.2, 0.25) is 0 Å². The van der Waals surface area contributed by atoms with E-state index in [9.17, 15) is 0 Å². The van der Waals surface area contributed by atoms with Crippen LogP contribution in [0.15, 0.2) is 24.3 Å². The largest absolute Gasteiger partial charge is 0.324 e. The number of rotatable bonds is 2. The highest BCUT2D eigenvalue weighted by Crippen LogP contribution is 2.29. The highest BCUT2D eigenvalue weighted by Gasteiger charge is 2.31. The molecule has 0 aromatic heterocycles. The zero-order chi connectivity index (χ0) is 12.4. The van der Waals surface area contributed by atoms with Crippen molar-refractivity contribution in [3.63, 3.8) is 0 Å². The Bertz CT molecular complexity index is 407. The van der Waals surface area contributed by atoms with Crippen LogP contribution in [0.25, 0.3) is 0 Å². The minimum Gasteiger partial charge on any atom is -0.324 e. The standard InChI is InChI=1S/C16H24N2/c17-16(9-3-4-10-16)13-18-11-5-8-14-6-1-2-7-15(14)12-18/h1-2,6-7H,3-5,8-13,17H2. The van der Waals surface area contributed by atoms with Crippen LogP contribution in [0.3, 0.4) is 0 Å². The summed E-state index contributed by atoms with van der Waals surface area (Å²) in [5, 5.41) is 0. The maximum absolute atomic E-state index is 6.52. The quantitative estimate of drug-likeness (QED) is 0.866. The summed E-state index contributed by atoms with van der Waals surface area (Å²) in [5.74, 6) is 0. The molecule has 98 valence electrons. The summed E-state index contributed by atoms with van der Waals surface area (Å²) in [6.07, 6.45) is 7.56. The number of fused-ring (bicyclic) bond motifs is 1. The lowest BCUT2D eigenvalue weighted by Gasteiger charge is -2.31. The topological polar surface area (TPSA) is 29.3 Å². The van der Waals surface area contributed by atoms with Crippen LogP contribution in [-0.4, -0.2) is 23.5 Å². The lowest BCUT2D eigenvalue weighted by molar-refractivity contribution is 0.204. The molecular formula is C16H24N2. The molecule has 1 aromatic rings. The van der Waals surface area contributed by atoms with E-state index in [1.807, 2.05) is 0 Å². The SMILES string of the molecule is NC1(CN2CCCc3ccccc3C2)CCCC1. The summed E-state index contributed by atoms with van der Waals surface area (Å²) in [4.78, 5) is 2.58. The second-order valence-corrected chi connectivity index (χ2v) is 6.15. The summed E-state index contributed by atoms with van der Waals surface area (Å²) in [7, 11) is 0. The minimum absolute atomic E-state index is 0.0965. The van der Waals surface area contributed by atoms with Gasteiger partial charge in [0, 0.05) is 18.6 Å². The minimum atomic E-state index is 0.0965. The molecule has 1 heterocycles. The molecule has 1 saturated carbocycles. The molecule has 1 aromatic carbocycles. The Hall–Kier alpha value is -0.860. The molecule has 2 nitrogen and oxygen atoms in total. The average Bonchev–Trinajstić information content (AvgIpc) is 2.68. The molecule has 1 aliphatic carbocycles. The molecule has 18 heavy (non-hydrogen) atoms. The molecule has 2 heteroatoms. The van der Waals surface area contributed by atoms with Crippen molar-refractivity contribution in [2.45, 2.75) is 50.6 Å². The number of hydrogen-bond acceptors (Lipinski definition) is 2. The van der Waals surface area contributed by atoms with Gasteiger partial charge in [-0.15, -0.1) is 0 Å². The van der Waals surface area contributed by atoms with Crippen molar-refractivity contribution in [2.24, 2.45) is 5.73 Å². The van der Waals surface area contributed by atoms with E-state index in [-0.39, 0.29) is 5.54 Å². The average molecular weight is 244 g/mol. The maximum atomic E-state index is 6.52. The van der Waals surface area contributed by atoms with Crippen molar-refractivity contribution in [2.75, 3.05) is 13.1 Å². The lowest BCUT2D eigenvalue weighted by atomic mass is 9.98. The fraction of sp³-hybridized carbons (Fsp3) is 0.625. The Morgan fingerprint density at radius 1 is 1.06 bits per heavy atom. The summed E-state index contributed by atoms with van der Waals surface area (Å²) >= 11 is 0. The van der Waals surface area contributed by atoms with Gasteiger partial charge in [0.2, 0.25) is 0 Å². The number of hydrogen-bond donors (Lipinski definition) is 1. The molecule has 2 N–H and O–H groups in total. The van der Waals surface area contributed by atoms with Crippen LogP contribution < -0.4 is 5.73 Å². The molecule has 0 spiro atoms. The highest BCUT2D eigenvalue weighted by atomic mass is 15.1. The Morgan fingerprint density at radius 3 is 2.56 bits per heavy atom. The van der Waals surface area contributed by atoms with Crippen LogP contribution in [0.5, 0.6) is 0 Å². The van der Waals surface area contributed by atoms with Crippen LogP contribution >= 0.6 is 0 Å². The van der Waals surface area contributed by atoms with E-state index in [0.717, 1.165) is 13.1 Å². The number of aryl methyl sites for hydroxylation is 1. The van der Waals surface area contributed by atoms with Gasteiger partial charge in [0.25, 0.3) is 0 Å². The normalized spacial score (nSPS) is 23.6. The van der Waals surface area contributed by atoms with E-state index in [1.165, 1.54) is 56.2 Å². The van der Waals surface area contributed by atoms with Crippen LogP contribution in [0.4, 0.5) is 0 Å². The van der Waals surface area contributed by atoms with Crippen molar-refractivity contribution in [1.82, 2.24) is 4.90 Å². The third-order valence-corrected chi connectivity index (χ3v) is 4.57. The van der Waals surface area contributed by atoms with Crippen LogP contribution in [0.1, 0.15) is 43.2 Å². The second kappa shape index (κ2) is 5.02.